The van der Waals surface area contributed by atoms with Gasteiger partial charge in [0, 0.05) is 12.6 Å². The van der Waals surface area contributed by atoms with Crippen molar-refractivity contribution >= 4 is 0 Å². The summed E-state index contributed by atoms with van der Waals surface area (Å²) in [5, 5.41) is 0. The Balaban J connectivity index is 0.000000316. The molecular weight excluding hydrogens is 297 g/mol. The number of nitrogens with two attached hydrogens (primary N) is 2. The van der Waals surface area contributed by atoms with E-state index >= 15 is 0 Å². The van der Waals surface area contributed by atoms with Crippen LogP contribution in [-0.2, 0) is 19.5 Å². The van der Waals surface area contributed by atoms with E-state index in [-0.39, 0.29) is 25.5 Å². The van der Waals surface area contributed by atoms with E-state index in [0.29, 0.717) is 6.54 Å². The van der Waals surface area contributed by atoms with Gasteiger partial charge in [0.2, 0.25) is 0 Å². The Labute approximate surface area is 116 Å². The fourth-order valence-electron chi connectivity index (χ4n) is 1.18. The molecule has 0 aliphatic carbocycles. The molecule has 0 saturated heterocycles. The second-order valence-electron chi connectivity index (χ2n) is 3.33. The molecule has 0 aliphatic heterocycles. The summed E-state index contributed by atoms with van der Waals surface area (Å²) in [7, 11) is 0. The second kappa shape index (κ2) is 10.2. The number of hydrogen-bond donors (Lipinski definition) is 2. The van der Waals surface area contributed by atoms with Gasteiger partial charge in [0.1, 0.15) is 0 Å². The normalized spacial score (nSPS) is 10.5. The third-order valence-electron chi connectivity index (χ3n) is 2.09. The minimum absolute atomic E-state index is 0. The summed E-state index contributed by atoms with van der Waals surface area (Å²) in [6.07, 6.45) is 0. The third kappa shape index (κ3) is 7.01. The molecule has 0 aromatic heterocycles. The molecule has 0 bridgehead atoms. The second-order valence-corrected chi connectivity index (χ2v) is 3.33. The van der Waals surface area contributed by atoms with Crippen LogP contribution in [0, 0.1) is 6.07 Å². The van der Waals surface area contributed by atoms with Crippen LogP contribution in [0.25, 0.3) is 0 Å². The Bertz CT molecular complexity index is 338. The maximum atomic E-state index is 5.67. The standard InChI is InChI=1S/C8H12N2.C6H5.Ru/c9-6-8(10)7-4-2-1-3-5-7;1-2-4-6-5-3-1;/h1-5,8H,6,9-10H2;1-5H;/q;-1;+1. The molecule has 0 fully saturated rings. The zero-order valence-corrected chi connectivity index (χ0v) is 11.3. The van der Waals surface area contributed by atoms with E-state index in [1.807, 2.05) is 60.7 Å². The monoisotopic (exact) mass is 315 g/mol. The van der Waals surface area contributed by atoms with Gasteiger partial charge < -0.3 is 11.5 Å². The number of rotatable bonds is 2. The van der Waals surface area contributed by atoms with Crippen LogP contribution in [0.15, 0.2) is 60.7 Å². The molecule has 0 aliphatic rings. The van der Waals surface area contributed by atoms with Crippen molar-refractivity contribution in [3.63, 3.8) is 0 Å². The van der Waals surface area contributed by atoms with Crippen molar-refractivity contribution < 1.29 is 19.5 Å². The van der Waals surface area contributed by atoms with E-state index < -0.39 is 0 Å². The molecule has 2 aromatic rings. The van der Waals surface area contributed by atoms with Gasteiger partial charge in [0.15, 0.2) is 0 Å². The van der Waals surface area contributed by atoms with Gasteiger partial charge in [0.25, 0.3) is 0 Å². The first-order chi connectivity index (χ1) is 7.84. The summed E-state index contributed by atoms with van der Waals surface area (Å²) in [6, 6.07) is 22.3. The van der Waals surface area contributed by atoms with Crippen molar-refractivity contribution in [2.75, 3.05) is 6.54 Å². The van der Waals surface area contributed by atoms with Crippen LogP contribution in [0.4, 0.5) is 0 Å². The molecule has 2 rings (SSSR count). The molecule has 2 nitrogen and oxygen atoms in total. The van der Waals surface area contributed by atoms with Crippen molar-refractivity contribution in [2.24, 2.45) is 11.5 Å². The van der Waals surface area contributed by atoms with Gasteiger partial charge in [-0.25, -0.2) is 0 Å². The number of hydrogen-bond acceptors (Lipinski definition) is 2. The summed E-state index contributed by atoms with van der Waals surface area (Å²) in [5.41, 5.74) is 12.2. The van der Waals surface area contributed by atoms with E-state index in [0.717, 1.165) is 5.56 Å². The van der Waals surface area contributed by atoms with Crippen molar-refractivity contribution in [3.8, 4) is 0 Å². The maximum absolute atomic E-state index is 5.67. The molecule has 0 heterocycles. The van der Waals surface area contributed by atoms with Crippen LogP contribution in [0.2, 0.25) is 0 Å². The fraction of sp³-hybridized carbons (Fsp3) is 0.143. The Hall–Kier alpha value is -1.02. The molecule has 1 unspecified atom stereocenters. The van der Waals surface area contributed by atoms with Crippen LogP contribution in [0.3, 0.4) is 0 Å². The van der Waals surface area contributed by atoms with Crippen LogP contribution >= 0.6 is 0 Å². The summed E-state index contributed by atoms with van der Waals surface area (Å²) < 4.78 is 0. The molecule has 91 valence electrons. The van der Waals surface area contributed by atoms with Crippen molar-refractivity contribution in [3.05, 3.63) is 72.3 Å². The van der Waals surface area contributed by atoms with Crippen LogP contribution < -0.4 is 11.5 Å². The minimum Gasteiger partial charge on any atom is -0.329 e. The molecule has 0 spiro atoms. The molecule has 2 aromatic carbocycles. The van der Waals surface area contributed by atoms with E-state index in [2.05, 4.69) is 6.07 Å². The zero-order chi connectivity index (χ0) is 11.6. The smallest absolute Gasteiger partial charge is 0.329 e. The van der Waals surface area contributed by atoms with Crippen LogP contribution in [0.5, 0.6) is 0 Å². The maximum Gasteiger partial charge on any atom is 1.00 e. The fourth-order valence-corrected chi connectivity index (χ4v) is 1.18. The van der Waals surface area contributed by atoms with Crippen molar-refractivity contribution in [1.29, 1.82) is 0 Å². The quantitative estimate of drug-likeness (QED) is 0.659. The molecule has 0 saturated carbocycles. The predicted molar refractivity (Wildman–Crippen MR) is 67.7 cm³/mol. The Morgan fingerprint density at radius 2 is 1.47 bits per heavy atom. The average molecular weight is 314 g/mol. The van der Waals surface area contributed by atoms with Gasteiger partial charge in [-0.15, -0.1) is 0 Å². The van der Waals surface area contributed by atoms with Gasteiger partial charge in [-0.05, 0) is 5.56 Å². The summed E-state index contributed by atoms with van der Waals surface area (Å²) >= 11 is 0. The van der Waals surface area contributed by atoms with E-state index in [4.69, 9.17) is 11.5 Å². The Kier molecular flexibility index (Phi) is 9.55. The Morgan fingerprint density at radius 3 is 1.82 bits per heavy atom. The molecule has 4 N–H and O–H groups in total. The van der Waals surface area contributed by atoms with Crippen molar-refractivity contribution in [1.82, 2.24) is 0 Å². The zero-order valence-electron chi connectivity index (χ0n) is 9.57. The van der Waals surface area contributed by atoms with Gasteiger partial charge in [0.05, 0.1) is 0 Å². The van der Waals surface area contributed by atoms with Crippen LogP contribution in [-0.4, -0.2) is 6.54 Å². The first-order valence-corrected chi connectivity index (χ1v) is 5.26. The summed E-state index contributed by atoms with van der Waals surface area (Å²) in [6.45, 7) is 0.504. The van der Waals surface area contributed by atoms with Gasteiger partial charge >= 0.3 is 19.5 Å². The van der Waals surface area contributed by atoms with Gasteiger partial charge in [-0.2, -0.15) is 36.4 Å². The van der Waals surface area contributed by atoms with E-state index in [1.54, 1.807) is 0 Å². The van der Waals surface area contributed by atoms with E-state index in [1.165, 1.54) is 0 Å². The van der Waals surface area contributed by atoms with Gasteiger partial charge in [-0.3, -0.25) is 0 Å². The predicted octanol–water partition coefficient (Wildman–Crippen LogP) is 2.13. The average Bonchev–Trinajstić information content (AvgIpc) is 2.41. The molecule has 17 heavy (non-hydrogen) atoms. The largest absolute Gasteiger partial charge is 1.00 e. The molecule has 3 heteroatoms. The minimum atomic E-state index is -0.0128. The molecule has 1 atom stereocenters. The number of benzene rings is 2. The third-order valence-corrected chi connectivity index (χ3v) is 2.09. The first kappa shape index (κ1) is 16.0. The van der Waals surface area contributed by atoms with Crippen molar-refractivity contribution in [2.45, 2.75) is 6.04 Å². The molecular formula is C14H17N2Ru. The Morgan fingerprint density at radius 1 is 0.941 bits per heavy atom. The summed E-state index contributed by atoms with van der Waals surface area (Å²) in [4.78, 5) is 0. The van der Waals surface area contributed by atoms with Crippen LogP contribution in [0.1, 0.15) is 11.6 Å². The molecule has 0 amide bonds. The first-order valence-electron chi connectivity index (χ1n) is 5.26. The topological polar surface area (TPSA) is 52.0 Å². The molecule has 1 radical (unpaired) electrons. The summed E-state index contributed by atoms with van der Waals surface area (Å²) in [5.74, 6) is 0. The SMILES string of the molecule is NCC(N)c1ccccc1.[Ru+].[c-]1ccccc1. The van der Waals surface area contributed by atoms with E-state index in [9.17, 15) is 0 Å². The van der Waals surface area contributed by atoms with Gasteiger partial charge in [-0.1, -0.05) is 30.3 Å².